The third-order valence-electron chi connectivity index (χ3n) is 2.38. The standard InChI is InChI=1S/C13H11BrO5/c1-17-12-6-8(2-4-10(12)14)18-7-9-3-5-11(19-9)13(15)16/h2-6H,7H2,1H3,(H,15,16). The first-order valence-corrected chi connectivity index (χ1v) is 6.18. The second-order valence-corrected chi connectivity index (χ2v) is 4.51. The summed E-state index contributed by atoms with van der Waals surface area (Å²) in [6, 6.07) is 8.26. The molecule has 0 fully saturated rings. The number of carboxylic acid groups (broad SMARTS) is 1. The number of furan rings is 1. The maximum atomic E-state index is 10.7. The van der Waals surface area contributed by atoms with Gasteiger partial charge in [-0.05, 0) is 40.2 Å². The van der Waals surface area contributed by atoms with Crippen LogP contribution < -0.4 is 9.47 Å². The Hall–Kier alpha value is -1.95. The topological polar surface area (TPSA) is 68.9 Å². The van der Waals surface area contributed by atoms with Crippen LogP contribution in [0.5, 0.6) is 11.5 Å². The number of benzene rings is 1. The molecule has 0 amide bonds. The van der Waals surface area contributed by atoms with Crippen molar-refractivity contribution in [1.29, 1.82) is 0 Å². The molecule has 1 heterocycles. The zero-order chi connectivity index (χ0) is 13.8. The van der Waals surface area contributed by atoms with Crippen LogP contribution in [0.15, 0.2) is 39.2 Å². The number of rotatable bonds is 5. The molecule has 0 aliphatic carbocycles. The van der Waals surface area contributed by atoms with Gasteiger partial charge in [-0.2, -0.15) is 0 Å². The fourth-order valence-corrected chi connectivity index (χ4v) is 1.86. The van der Waals surface area contributed by atoms with Crippen LogP contribution >= 0.6 is 15.9 Å². The lowest BCUT2D eigenvalue weighted by Crippen LogP contribution is -1.95. The SMILES string of the molecule is COc1cc(OCc2ccc(C(=O)O)o2)ccc1Br. The summed E-state index contributed by atoms with van der Waals surface area (Å²) in [5, 5.41) is 8.73. The van der Waals surface area contributed by atoms with Gasteiger partial charge in [-0.3, -0.25) is 0 Å². The minimum atomic E-state index is -1.10. The Kier molecular flexibility index (Phi) is 4.11. The lowest BCUT2D eigenvalue weighted by Gasteiger charge is -2.07. The molecule has 1 N–H and O–H groups in total. The Morgan fingerprint density at radius 3 is 2.79 bits per heavy atom. The largest absolute Gasteiger partial charge is 0.495 e. The minimum absolute atomic E-state index is 0.105. The van der Waals surface area contributed by atoms with Crippen LogP contribution in [0.3, 0.4) is 0 Å². The molecule has 0 spiro atoms. The Bertz CT molecular complexity index is 590. The van der Waals surface area contributed by atoms with Crippen LogP contribution in [0, 0.1) is 0 Å². The second kappa shape index (κ2) is 5.79. The van der Waals surface area contributed by atoms with E-state index >= 15 is 0 Å². The van der Waals surface area contributed by atoms with Gasteiger partial charge in [0.05, 0.1) is 11.6 Å². The van der Waals surface area contributed by atoms with Crippen molar-refractivity contribution in [1.82, 2.24) is 0 Å². The summed E-state index contributed by atoms with van der Waals surface area (Å²) in [6.07, 6.45) is 0. The van der Waals surface area contributed by atoms with E-state index in [0.717, 1.165) is 4.47 Å². The number of aromatic carboxylic acids is 1. The molecule has 2 aromatic rings. The molecule has 0 aliphatic rings. The van der Waals surface area contributed by atoms with Crippen LogP contribution in [0.4, 0.5) is 0 Å². The molecule has 2 rings (SSSR count). The van der Waals surface area contributed by atoms with E-state index in [1.807, 2.05) is 0 Å². The number of halogens is 1. The van der Waals surface area contributed by atoms with Gasteiger partial charge >= 0.3 is 5.97 Å². The lowest BCUT2D eigenvalue weighted by atomic mass is 10.3. The molecular formula is C13H11BrO5. The van der Waals surface area contributed by atoms with Gasteiger partial charge in [0.15, 0.2) is 0 Å². The second-order valence-electron chi connectivity index (χ2n) is 3.66. The highest BCUT2D eigenvalue weighted by atomic mass is 79.9. The zero-order valence-corrected chi connectivity index (χ0v) is 11.6. The minimum Gasteiger partial charge on any atom is -0.495 e. The Morgan fingerprint density at radius 2 is 2.16 bits per heavy atom. The van der Waals surface area contributed by atoms with Gasteiger partial charge in [-0.15, -0.1) is 0 Å². The van der Waals surface area contributed by atoms with Crippen molar-refractivity contribution in [3.05, 3.63) is 46.3 Å². The molecule has 100 valence electrons. The Balaban J connectivity index is 2.03. The molecule has 0 saturated carbocycles. The Labute approximate surface area is 117 Å². The first-order valence-electron chi connectivity index (χ1n) is 5.38. The predicted molar refractivity (Wildman–Crippen MR) is 70.7 cm³/mol. The average Bonchev–Trinajstić information content (AvgIpc) is 2.87. The van der Waals surface area contributed by atoms with E-state index in [1.165, 1.54) is 6.07 Å². The van der Waals surface area contributed by atoms with E-state index in [1.54, 1.807) is 31.4 Å². The van der Waals surface area contributed by atoms with Gasteiger partial charge in [0.2, 0.25) is 5.76 Å². The maximum Gasteiger partial charge on any atom is 0.371 e. The molecule has 0 atom stereocenters. The van der Waals surface area contributed by atoms with Crippen molar-refractivity contribution in [2.45, 2.75) is 6.61 Å². The van der Waals surface area contributed by atoms with E-state index in [0.29, 0.717) is 17.3 Å². The van der Waals surface area contributed by atoms with Crippen molar-refractivity contribution < 1.29 is 23.8 Å². The van der Waals surface area contributed by atoms with E-state index < -0.39 is 5.97 Å². The molecule has 5 nitrogen and oxygen atoms in total. The third kappa shape index (κ3) is 3.29. The van der Waals surface area contributed by atoms with Gasteiger partial charge < -0.3 is 19.0 Å². The first-order chi connectivity index (χ1) is 9.10. The average molecular weight is 327 g/mol. The molecule has 0 radical (unpaired) electrons. The highest BCUT2D eigenvalue weighted by Gasteiger charge is 2.09. The summed E-state index contributed by atoms with van der Waals surface area (Å²) < 4.78 is 16.5. The molecular weight excluding hydrogens is 316 g/mol. The molecule has 0 saturated heterocycles. The van der Waals surface area contributed by atoms with Crippen molar-refractivity contribution in [2.75, 3.05) is 7.11 Å². The summed E-state index contributed by atoms with van der Waals surface area (Å²) in [7, 11) is 1.57. The molecule has 6 heteroatoms. The summed E-state index contributed by atoms with van der Waals surface area (Å²) in [6.45, 7) is 0.151. The van der Waals surface area contributed by atoms with E-state index in [9.17, 15) is 4.79 Å². The number of carbonyl (C=O) groups is 1. The number of hydrogen-bond acceptors (Lipinski definition) is 4. The van der Waals surface area contributed by atoms with Crippen LogP contribution in [-0.4, -0.2) is 18.2 Å². The quantitative estimate of drug-likeness (QED) is 0.912. The first kappa shape index (κ1) is 13.5. The van der Waals surface area contributed by atoms with Crippen molar-refractivity contribution in [3.8, 4) is 11.5 Å². The molecule has 0 unspecified atom stereocenters. The highest BCUT2D eigenvalue weighted by molar-refractivity contribution is 9.10. The van der Waals surface area contributed by atoms with Gasteiger partial charge in [-0.1, -0.05) is 0 Å². The number of methoxy groups -OCH3 is 1. The summed E-state index contributed by atoms with van der Waals surface area (Å²) in [5.74, 6) is 0.499. The zero-order valence-electron chi connectivity index (χ0n) is 10.1. The molecule has 0 bridgehead atoms. The summed E-state index contributed by atoms with van der Waals surface area (Å²) in [5.41, 5.74) is 0. The smallest absolute Gasteiger partial charge is 0.371 e. The predicted octanol–water partition coefficient (Wildman–Crippen LogP) is 3.33. The van der Waals surface area contributed by atoms with Crippen LogP contribution in [0.1, 0.15) is 16.3 Å². The van der Waals surface area contributed by atoms with Crippen molar-refractivity contribution in [2.24, 2.45) is 0 Å². The number of ether oxygens (including phenoxy) is 2. The lowest BCUT2D eigenvalue weighted by molar-refractivity contribution is 0.0658. The van der Waals surface area contributed by atoms with Crippen LogP contribution in [0.25, 0.3) is 0 Å². The van der Waals surface area contributed by atoms with Gasteiger partial charge in [0.25, 0.3) is 0 Å². The fourth-order valence-electron chi connectivity index (χ4n) is 1.45. The number of hydrogen-bond donors (Lipinski definition) is 1. The third-order valence-corrected chi connectivity index (χ3v) is 3.03. The monoisotopic (exact) mass is 326 g/mol. The van der Waals surface area contributed by atoms with Crippen LogP contribution in [-0.2, 0) is 6.61 Å². The Morgan fingerprint density at radius 1 is 1.37 bits per heavy atom. The summed E-state index contributed by atoms with van der Waals surface area (Å²) in [4.78, 5) is 10.7. The number of carboxylic acids is 1. The van der Waals surface area contributed by atoms with Crippen molar-refractivity contribution in [3.63, 3.8) is 0 Å². The highest BCUT2D eigenvalue weighted by Crippen LogP contribution is 2.29. The molecule has 1 aromatic carbocycles. The van der Waals surface area contributed by atoms with E-state index in [-0.39, 0.29) is 12.4 Å². The van der Waals surface area contributed by atoms with E-state index in [4.69, 9.17) is 19.0 Å². The molecule has 1 aromatic heterocycles. The van der Waals surface area contributed by atoms with Gasteiger partial charge in [-0.25, -0.2) is 4.79 Å². The van der Waals surface area contributed by atoms with Gasteiger partial charge in [0, 0.05) is 6.07 Å². The normalized spacial score (nSPS) is 10.2. The maximum absolute atomic E-state index is 10.7. The van der Waals surface area contributed by atoms with Crippen LogP contribution in [0.2, 0.25) is 0 Å². The van der Waals surface area contributed by atoms with Gasteiger partial charge in [0.1, 0.15) is 23.9 Å². The van der Waals surface area contributed by atoms with Crippen molar-refractivity contribution >= 4 is 21.9 Å². The summed E-state index contributed by atoms with van der Waals surface area (Å²) >= 11 is 3.34. The molecule has 0 aliphatic heterocycles. The molecule has 19 heavy (non-hydrogen) atoms. The van der Waals surface area contributed by atoms with E-state index in [2.05, 4.69) is 15.9 Å². The fraction of sp³-hybridized carbons (Fsp3) is 0.154.